The molecule has 0 saturated heterocycles. The molecule has 3 N–H and O–H groups in total. The van der Waals surface area contributed by atoms with Crippen molar-refractivity contribution >= 4 is 5.91 Å². The van der Waals surface area contributed by atoms with Crippen molar-refractivity contribution in [2.45, 2.75) is 19.5 Å². The number of amides is 1. The summed E-state index contributed by atoms with van der Waals surface area (Å²) in [4.78, 5) is 16.1. The Morgan fingerprint density at radius 1 is 1.45 bits per heavy atom. The van der Waals surface area contributed by atoms with Crippen molar-refractivity contribution in [3.8, 4) is 0 Å². The van der Waals surface area contributed by atoms with Gasteiger partial charge in [-0.15, -0.1) is 0 Å². The molecule has 0 fully saturated rings. The molecule has 0 saturated carbocycles. The molecule has 0 aliphatic rings. The highest BCUT2D eigenvalue weighted by molar-refractivity contribution is 5.92. The first-order valence-corrected chi connectivity index (χ1v) is 6.38. The number of benzene rings is 1. The average Bonchev–Trinajstić information content (AvgIpc) is 2.88. The quantitative estimate of drug-likeness (QED) is 0.868. The van der Waals surface area contributed by atoms with E-state index in [0.717, 1.165) is 5.56 Å². The van der Waals surface area contributed by atoms with Crippen LogP contribution in [0.2, 0.25) is 0 Å². The van der Waals surface area contributed by atoms with Gasteiger partial charge in [-0.25, -0.2) is 9.37 Å². The van der Waals surface area contributed by atoms with E-state index in [2.05, 4.69) is 10.3 Å². The number of hydrogen-bond donors (Lipinski definition) is 2. The van der Waals surface area contributed by atoms with Crippen molar-refractivity contribution in [2.24, 2.45) is 5.73 Å². The van der Waals surface area contributed by atoms with Gasteiger partial charge in [-0.05, 0) is 24.6 Å². The number of nitrogens with two attached hydrogens (primary N) is 1. The number of carbonyl (C=O) groups excluding carboxylic acids is 1. The summed E-state index contributed by atoms with van der Waals surface area (Å²) in [6, 6.07) is 5.81. The number of aromatic nitrogens is 2. The summed E-state index contributed by atoms with van der Waals surface area (Å²) in [7, 11) is 0. The van der Waals surface area contributed by atoms with Gasteiger partial charge >= 0.3 is 0 Å². The molecule has 0 unspecified atom stereocenters. The van der Waals surface area contributed by atoms with Crippen LogP contribution >= 0.6 is 0 Å². The number of nitrogens with one attached hydrogen (secondary N) is 1. The second-order valence-electron chi connectivity index (χ2n) is 4.53. The predicted octanol–water partition coefficient (Wildman–Crippen LogP) is 1.47. The van der Waals surface area contributed by atoms with Crippen LogP contribution < -0.4 is 11.1 Å². The summed E-state index contributed by atoms with van der Waals surface area (Å²) in [5, 5.41) is 2.82. The van der Waals surface area contributed by atoms with Crippen LogP contribution in [0.3, 0.4) is 0 Å². The maximum Gasteiger partial charge on any atom is 0.271 e. The van der Waals surface area contributed by atoms with Crippen LogP contribution in [-0.4, -0.2) is 22.0 Å². The highest BCUT2D eigenvalue weighted by Gasteiger charge is 2.13. The van der Waals surface area contributed by atoms with E-state index in [4.69, 9.17) is 5.73 Å². The number of imidazole rings is 1. The van der Waals surface area contributed by atoms with E-state index in [-0.39, 0.29) is 17.8 Å². The standard InChI is InChI=1S/C14H17FN4O/c1-10(11-2-4-12(15)5-3-11)18-14(20)13-8-19(7-6-16)9-17-13/h2-5,8-10H,6-7,16H2,1H3,(H,18,20)/t10-/m1/s1. The van der Waals surface area contributed by atoms with Crippen molar-refractivity contribution in [2.75, 3.05) is 6.54 Å². The van der Waals surface area contributed by atoms with Crippen molar-refractivity contribution in [1.82, 2.24) is 14.9 Å². The molecule has 2 rings (SSSR count). The van der Waals surface area contributed by atoms with E-state index >= 15 is 0 Å². The van der Waals surface area contributed by atoms with Gasteiger partial charge in [-0.2, -0.15) is 0 Å². The summed E-state index contributed by atoms with van der Waals surface area (Å²) in [5.74, 6) is -0.564. The van der Waals surface area contributed by atoms with Crippen LogP contribution in [0.5, 0.6) is 0 Å². The van der Waals surface area contributed by atoms with Gasteiger partial charge < -0.3 is 15.6 Å². The topological polar surface area (TPSA) is 72.9 Å². The van der Waals surface area contributed by atoms with E-state index in [1.54, 1.807) is 29.2 Å². The molecule has 1 atom stereocenters. The van der Waals surface area contributed by atoms with Gasteiger partial charge in [0, 0.05) is 19.3 Å². The van der Waals surface area contributed by atoms with Gasteiger partial charge in [0.2, 0.25) is 0 Å². The lowest BCUT2D eigenvalue weighted by atomic mass is 10.1. The van der Waals surface area contributed by atoms with E-state index < -0.39 is 0 Å². The highest BCUT2D eigenvalue weighted by atomic mass is 19.1. The minimum absolute atomic E-state index is 0.220. The molecule has 1 amide bonds. The van der Waals surface area contributed by atoms with Crippen molar-refractivity contribution in [3.63, 3.8) is 0 Å². The van der Waals surface area contributed by atoms with Gasteiger partial charge in [0.25, 0.3) is 5.91 Å². The first-order valence-electron chi connectivity index (χ1n) is 6.38. The Hall–Kier alpha value is -2.21. The molecule has 0 aliphatic carbocycles. The van der Waals surface area contributed by atoms with Gasteiger partial charge in [0.05, 0.1) is 12.4 Å². The SMILES string of the molecule is C[C@@H](NC(=O)c1cn(CCN)cn1)c1ccc(F)cc1. The molecule has 0 spiro atoms. The molecular weight excluding hydrogens is 259 g/mol. The zero-order valence-electron chi connectivity index (χ0n) is 11.2. The predicted molar refractivity (Wildman–Crippen MR) is 73.6 cm³/mol. The fourth-order valence-electron chi connectivity index (χ4n) is 1.85. The third-order valence-corrected chi connectivity index (χ3v) is 2.97. The molecule has 1 aromatic carbocycles. The van der Waals surface area contributed by atoms with Crippen LogP contribution in [0, 0.1) is 5.82 Å². The lowest BCUT2D eigenvalue weighted by Crippen LogP contribution is -2.27. The monoisotopic (exact) mass is 276 g/mol. The minimum atomic E-state index is -0.298. The normalized spacial score (nSPS) is 12.2. The lowest BCUT2D eigenvalue weighted by molar-refractivity contribution is 0.0935. The summed E-state index contributed by atoms with van der Waals surface area (Å²) >= 11 is 0. The molecular formula is C14H17FN4O. The van der Waals surface area contributed by atoms with Gasteiger partial charge in [-0.3, -0.25) is 4.79 Å². The van der Waals surface area contributed by atoms with Gasteiger partial charge in [0.1, 0.15) is 11.5 Å². The lowest BCUT2D eigenvalue weighted by Gasteiger charge is -2.13. The number of nitrogens with zero attached hydrogens (tertiary/aromatic N) is 2. The van der Waals surface area contributed by atoms with Crippen molar-refractivity contribution in [3.05, 3.63) is 53.9 Å². The molecule has 0 aliphatic heterocycles. The highest BCUT2D eigenvalue weighted by Crippen LogP contribution is 2.13. The molecule has 106 valence electrons. The molecule has 0 bridgehead atoms. The van der Waals surface area contributed by atoms with Crippen LogP contribution in [0.15, 0.2) is 36.8 Å². The second kappa shape index (κ2) is 6.29. The van der Waals surface area contributed by atoms with Crippen LogP contribution in [0.4, 0.5) is 4.39 Å². The average molecular weight is 276 g/mol. The maximum absolute atomic E-state index is 12.8. The van der Waals surface area contributed by atoms with Gasteiger partial charge in [-0.1, -0.05) is 12.1 Å². The first kappa shape index (κ1) is 14.2. The molecule has 1 aromatic heterocycles. The molecule has 5 nitrogen and oxygen atoms in total. The summed E-state index contributed by atoms with van der Waals surface area (Å²) in [6.45, 7) is 2.94. The summed E-state index contributed by atoms with van der Waals surface area (Å²) in [6.07, 6.45) is 3.23. The van der Waals surface area contributed by atoms with E-state index in [1.165, 1.54) is 12.1 Å². The zero-order valence-corrected chi connectivity index (χ0v) is 11.2. The number of halogens is 1. The molecule has 6 heteroatoms. The van der Waals surface area contributed by atoms with Crippen molar-refractivity contribution in [1.29, 1.82) is 0 Å². The Kier molecular flexibility index (Phi) is 4.47. The largest absolute Gasteiger partial charge is 0.344 e. The second-order valence-corrected chi connectivity index (χ2v) is 4.53. The summed E-state index contributed by atoms with van der Waals surface area (Å²) < 4.78 is 14.6. The van der Waals surface area contributed by atoms with Crippen molar-refractivity contribution < 1.29 is 9.18 Å². The molecule has 20 heavy (non-hydrogen) atoms. The van der Waals surface area contributed by atoms with Gasteiger partial charge in [0.15, 0.2) is 0 Å². The third-order valence-electron chi connectivity index (χ3n) is 2.97. The smallest absolute Gasteiger partial charge is 0.271 e. The third kappa shape index (κ3) is 3.42. The number of carbonyl (C=O) groups is 1. The first-order chi connectivity index (χ1) is 9.60. The van der Waals surface area contributed by atoms with E-state index in [0.29, 0.717) is 18.8 Å². The van der Waals surface area contributed by atoms with Crippen LogP contribution in [-0.2, 0) is 6.54 Å². The fraction of sp³-hybridized carbons (Fsp3) is 0.286. The fourth-order valence-corrected chi connectivity index (χ4v) is 1.85. The van der Waals surface area contributed by atoms with E-state index in [1.807, 2.05) is 6.92 Å². The minimum Gasteiger partial charge on any atom is -0.344 e. The van der Waals surface area contributed by atoms with Crippen LogP contribution in [0.1, 0.15) is 29.0 Å². The molecule has 0 radical (unpaired) electrons. The Bertz CT molecular complexity index is 579. The maximum atomic E-state index is 12.8. The number of hydrogen-bond acceptors (Lipinski definition) is 3. The zero-order chi connectivity index (χ0) is 14.5. The van der Waals surface area contributed by atoms with E-state index in [9.17, 15) is 9.18 Å². The Balaban J connectivity index is 2.01. The number of rotatable bonds is 5. The molecule has 2 aromatic rings. The summed E-state index contributed by atoms with van der Waals surface area (Å²) in [5.41, 5.74) is 6.61. The molecule has 1 heterocycles. The van der Waals surface area contributed by atoms with Crippen LogP contribution in [0.25, 0.3) is 0 Å². The Morgan fingerprint density at radius 2 is 2.15 bits per heavy atom. The Labute approximate surface area is 116 Å². The Morgan fingerprint density at radius 3 is 2.80 bits per heavy atom.